The third kappa shape index (κ3) is 2.68. The van der Waals surface area contributed by atoms with Gasteiger partial charge in [0, 0.05) is 4.90 Å². The van der Waals surface area contributed by atoms with Gasteiger partial charge in [0.2, 0.25) is 5.12 Å². The van der Waals surface area contributed by atoms with E-state index >= 15 is 0 Å². The minimum Gasteiger partial charge on any atom is -0.388 e. The Morgan fingerprint density at radius 1 is 1.42 bits per heavy atom. The molecule has 0 aliphatic heterocycles. The molecule has 0 fully saturated rings. The third-order valence-electron chi connectivity index (χ3n) is 1.38. The Kier molecular flexibility index (Phi) is 3.31. The second-order valence-corrected chi connectivity index (χ2v) is 3.58. The van der Waals surface area contributed by atoms with Crippen LogP contribution in [0.25, 0.3) is 0 Å². The first-order chi connectivity index (χ1) is 5.72. The van der Waals surface area contributed by atoms with E-state index in [-0.39, 0.29) is 5.12 Å². The molecule has 1 N–H and O–H groups in total. The summed E-state index contributed by atoms with van der Waals surface area (Å²) in [7, 11) is 0. The standard InChI is InChI=1S/C9H10O2S/c1-7-2-4-8(5-3-7)12-9(11)6-10/h2-5,10H,6H2,1H3. The fourth-order valence-electron chi connectivity index (χ4n) is 0.770. The van der Waals surface area contributed by atoms with E-state index in [9.17, 15) is 4.79 Å². The van der Waals surface area contributed by atoms with Gasteiger partial charge in [-0.05, 0) is 30.8 Å². The van der Waals surface area contributed by atoms with Gasteiger partial charge in [-0.3, -0.25) is 4.79 Å². The summed E-state index contributed by atoms with van der Waals surface area (Å²) in [6.45, 7) is 1.58. The summed E-state index contributed by atoms with van der Waals surface area (Å²) in [5.74, 6) is 0. The van der Waals surface area contributed by atoms with Crippen molar-refractivity contribution < 1.29 is 9.90 Å². The molecule has 0 atom stereocenters. The molecule has 12 heavy (non-hydrogen) atoms. The van der Waals surface area contributed by atoms with Crippen LogP contribution in [0.2, 0.25) is 0 Å². The Morgan fingerprint density at radius 3 is 2.50 bits per heavy atom. The molecule has 3 heteroatoms. The van der Waals surface area contributed by atoms with E-state index in [4.69, 9.17) is 5.11 Å². The third-order valence-corrected chi connectivity index (χ3v) is 2.25. The molecule has 64 valence electrons. The zero-order valence-electron chi connectivity index (χ0n) is 6.78. The first-order valence-corrected chi connectivity index (χ1v) is 4.42. The Morgan fingerprint density at radius 2 is 2.00 bits per heavy atom. The van der Waals surface area contributed by atoms with Crippen molar-refractivity contribution in [2.75, 3.05) is 6.61 Å². The second-order valence-electron chi connectivity index (χ2n) is 2.45. The molecule has 0 aliphatic rings. The average Bonchev–Trinajstić information content (AvgIpc) is 2.09. The van der Waals surface area contributed by atoms with Crippen molar-refractivity contribution in [2.45, 2.75) is 11.8 Å². The van der Waals surface area contributed by atoms with Crippen LogP contribution in [0.15, 0.2) is 29.2 Å². The maximum Gasteiger partial charge on any atom is 0.219 e. The molecule has 0 heterocycles. The number of aliphatic hydroxyl groups excluding tert-OH is 1. The summed E-state index contributed by atoms with van der Waals surface area (Å²) in [4.78, 5) is 11.7. The normalized spacial score (nSPS) is 9.83. The molecule has 0 bridgehead atoms. The highest BCUT2D eigenvalue weighted by molar-refractivity contribution is 8.13. The summed E-state index contributed by atoms with van der Waals surface area (Å²) in [6, 6.07) is 7.61. The van der Waals surface area contributed by atoms with Gasteiger partial charge >= 0.3 is 0 Å². The smallest absolute Gasteiger partial charge is 0.219 e. The van der Waals surface area contributed by atoms with Crippen molar-refractivity contribution >= 4 is 16.9 Å². The molecular formula is C9H10O2S. The predicted octanol–water partition coefficient (Wildman–Crippen LogP) is 1.61. The van der Waals surface area contributed by atoms with Crippen molar-refractivity contribution in [3.63, 3.8) is 0 Å². The van der Waals surface area contributed by atoms with Crippen LogP contribution >= 0.6 is 11.8 Å². The van der Waals surface area contributed by atoms with Gasteiger partial charge < -0.3 is 5.11 Å². The van der Waals surface area contributed by atoms with Gasteiger partial charge in [-0.1, -0.05) is 17.7 Å². The lowest BCUT2D eigenvalue weighted by atomic mass is 10.2. The Balaban J connectivity index is 2.64. The fourth-order valence-corrected chi connectivity index (χ4v) is 1.37. The summed E-state index contributed by atoms with van der Waals surface area (Å²) in [5, 5.41) is 8.26. The quantitative estimate of drug-likeness (QED) is 0.706. The number of thioether (sulfide) groups is 1. The monoisotopic (exact) mass is 182 g/mol. The van der Waals surface area contributed by atoms with E-state index < -0.39 is 6.61 Å². The lowest BCUT2D eigenvalue weighted by molar-refractivity contribution is -0.113. The van der Waals surface area contributed by atoms with Crippen molar-refractivity contribution in [3.8, 4) is 0 Å². The van der Waals surface area contributed by atoms with Crippen LogP contribution in [0.5, 0.6) is 0 Å². The van der Waals surface area contributed by atoms with Gasteiger partial charge in [0.15, 0.2) is 0 Å². The summed E-state index contributed by atoms with van der Waals surface area (Å²) in [6.07, 6.45) is 0. The van der Waals surface area contributed by atoms with Gasteiger partial charge in [0.25, 0.3) is 0 Å². The SMILES string of the molecule is Cc1ccc(SC(=O)CO)cc1. The molecule has 0 amide bonds. The van der Waals surface area contributed by atoms with E-state index in [1.807, 2.05) is 31.2 Å². The van der Waals surface area contributed by atoms with E-state index in [2.05, 4.69) is 0 Å². The van der Waals surface area contributed by atoms with Gasteiger partial charge in [-0.15, -0.1) is 0 Å². The zero-order chi connectivity index (χ0) is 8.97. The number of aryl methyl sites for hydroxylation is 1. The predicted molar refractivity (Wildman–Crippen MR) is 49.1 cm³/mol. The highest BCUT2D eigenvalue weighted by Crippen LogP contribution is 2.18. The number of carbonyl (C=O) groups excluding carboxylic acids is 1. The number of hydrogen-bond acceptors (Lipinski definition) is 3. The van der Waals surface area contributed by atoms with Crippen LogP contribution in [0.4, 0.5) is 0 Å². The molecule has 0 aliphatic carbocycles. The van der Waals surface area contributed by atoms with E-state index in [1.54, 1.807) is 0 Å². The highest BCUT2D eigenvalue weighted by Gasteiger charge is 2.01. The lowest BCUT2D eigenvalue weighted by Gasteiger charge is -1.97. The van der Waals surface area contributed by atoms with Crippen molar-refractivity contribution in [3.05, 3.63) is 29.8 Å². The van der Waals surface area contributed by atoms with Crippen LogP contribution in [0, 0.1) is 6.92 Å². The Bertz CT molecular complexity index is 266. The lowest BCUT2D eigenvalue weighted by Crippen LogP contribution is -1.96. The number of rotatable bonds is 2. The number of hydrogen-bond donors (Lipinski definition) is 1. The largest absolute Gasteiger partial charge is 0.388 e. The van der Waals surface area contributed by atoms with Crippen LogP contribution in [0.3, 0.4) is 0 Å². The van der Waals surface area contributed by atoms with Gasteiger partial charge in [-0.2, -0.15) is 0 Å². The highest BCUT2D eigenvalue weighted by atomic mass is 32.2. The molecule has 1 aromatic rings. The molecule has 1 rings (SSSR count). The molecule has 0 saturated carbocycles. The second kappa shape index (κ2) is 4.28. The van der Waals surface area contributed by atoms with Crippen LogP contribution in [-0.2, 0) is 4.79 Å². The van der Waals surface area contributed by atoms with Gasteiger partial charge in [0.05, 0.1) is 0 Å². The van der Waals surface area contributed by atoms with Crippen molar-refractivity contribution in [2.24, 2.45) is 0 Å². The maximum atomic E-state index is 10.8. The minimum atomic E-state index is -0.404. The zero-order valence-corrected chi connectivity index (χ0v) is 7.60. The molecule has 0 saturated heterocycles. The summed E-state index contributed by atoms with van der Waals surface area (Å²) >= 11 is 1.06. The van der Waals surface area contributed by atoms with Crippen LogP contribution in [0.1, 0.15) is 5.56 Å². The molecule has 0 spiro atoms. The molecule has 0 aromatic heterocycles. The van der Waals surface area contributed by atoms with E-state index in [0.717, 1.165) is 22.2 Å². The number of carbonyl (C=O) groups is 1. The van der Waals surface area contributed by atoms with Gasteiger partial charge in [0.1, 0.15) is 6.61 Å². The van der Waals surface area contributed by atoms with E-state index in [1.165, 1.54) is 0 Å². The average molecular weight is 182 g/mol. The molecular weight excluding hydrogens is 172 g/mol. The molecule has 1 aromatic carbocycles. The first kappa shape index (κ1) is 9.29. The van der Waals surface area contributed by atoms with E-state index in [0.29, 0.717) is 0 Å². The van der Waals surface area contributed by atoms with Crippen LogP contribution < -0.4 is 0 Å². The number of aliphatic hydroxyl groups is 1. The maximum absolute atomic E-state index is 10.8. The minimum absolute atomic E-state index is 0.223. The first-order valence-electron chi connectivity index (χ1n) is 3.60. The Labute approximate surface area is 75.6 Å². The molecule has 2 nitrogen and oxygen atoms in total. The van der Waals surface area contributed by atoms with Crippen molar-refractivity contribution in [1.82, 2.24) is 0 Å². The fraction of sp³-hybridized carbons (Fsp3) is 0.222. The molecule has 0 unspecified atom stereocenters. The number of benzene rings is 1. The summed E-state index contributed by atoms with van der Waals surface area (Å²) < 4.78 is 0. The van der Waals surface area contributed by atoms with Crippen LogP contribution in [-0.4, -0.2) is 16.8 Å². The van der Waals surface area contributed by atoms with Crippen molar-refractivity contribution in [1.29, 1.82) is 0 Å². The molecule has 0 radical (unpaired) electrons. The van der Waals surface area contributed by atoms with Gasteiger partial charge in [-0.25, -0.2) is 0 Å². The Hall–Kier alpha value is -0.800. The summed E-state index contributed by atoms with van der Waals surface area (Å²) in [5.41, 5.74) is 1.16. The topological polar surface area (TPSA) is 37.3 Å².